The van der Waals surface area contributed by atoms with Crippen LogP contribution in [0.3, 0.4) is 0 Å². The van der Waals surface area contributed by atoms with Crippen LogP contribution in [0.15, 0.2) is 58.4 Å². The number of thiophene rings is 1. The second kappa shape index (κ2) is 11.1. The fourth-order valence-corrected chi connectivity index (χ4v) is 4.25. The number of anilines is 1. The first-order valence-corrected chi connectivity index (χ1v) is 11.7. The molecule has 0 saturated carbocycles. The zero-order valence-electron chi connectivity index (χ0n) is 17.4. The number of ether oxygens (including phenoxy) is 2. The van der Waals surface area contributed by atoms with Crippen LogP contribution in [0.5, 0.6) is 5.75 Å². The first kappa shape index (κ1) is 23.0. The van der Waals surface area contributed by atoms with E-state index in [1.807, 2.05) is 60.8 Å². The Bertz CT molecular complexity index is 1050. The highest BCUT2D eigenvalue weighted by Crippen LogP contribution is 2.36. The van der Waals surface area contributed by atoms with Crippen molar-refractivity contribution in [2.24, 2.45) is 0 Å². The van der Waals surface area contributed by atoms with Gasteiger partial charge in [0.05, 0.1) is 13.2 Å². The van der Waals surface area contributed by atoms with E-state index in [1.165, 1.54) is 11.3 Å². The van der Waals surface area contributed by atoms with Crippen LogP contribution in [-0.2, 0) is 9.53 Å². The molecule has 0 atom stereocenters. The van der Waals surface area contributed by atoms with Crippen molar-refractivity contribution in [2.45, 2.75) is 26.7 Å². The zero-order valence-corrected chi connectivity index (χ0v) is 19.8. The molecule has 0 saturated heterocycles. The van der Waals surface area contributed by atoms with Crippen LogP contribution < -0.4 is 10.1 Å². The highest BCUT2D eigenvalue weighted by Gasteiger charge is 2.22. The molecule has 3 rings (SSSR count). The van der Waals surface area contributed by atoms with Crippen molar-refractivity contribution in [2.75, 3.05) is 18.5 Å². The zero-order chi connectivity index (χ0) is 22.2. The molecule has 0 fully saturated rings. The van der Waals surface area contributed by atoms with Crippen molar-refractivity contribution in [1.82, 2.24) is 0 Å². The molecular weight excluding hydrogens is 478 g/mol. The largest absolute Gasteiger partial charge is 0.494 e. The highest BCUT2D eigenvalue weighted by atomic mass is 79.9. The third-order valence-corrected chi connectivity index (χ3v) is 5.91. The van der Waals surface area contributed by atoms with Crippen LogP contribution in [0.25, 0.3) is 11.1 Å². The second-order valence-corrected chi connectivity index (χ2v) is 8.69. The third-order valence-electron chi connectivity index (χ3n) is 4.49. The summed E-state index contributed by atoms with van der Waals surface area (Å²) < 4.78 is 11.9. The highest BCUT2D eigenvalue weighted by molar-refractivity contribution is 9.10. The summed E-state index contributed by atoms with van der Waals surface area (Å²) in [6.07, 6.45) is 0.860. The van der Waals surface area contributed by atoms with Crippen LogP contribution in [0, 0.1) is 6.92 Å². The smallest absolute Gasteiger partial charge is 0.341 e. The molecule has 0 aliphatic heterocycles. The van der Waals surface area contributed by atoms with Crippen molar-refractivity contribution in [3.05, 3.63) is 69.5 Å². The predicted molar refractivity (Wildman–Crippen MR) is 128 cm³/mol. The Balaban J connectivity index is 1.65. The Morgan fingerprint density at radius 3 is 2.61 bits per heavy atom. The lowest BCUT2D eigenvalue weighted by Gasteiger charge is -2.09. The minimum Gasteiger partial charge on any atom is -0.494 e. The average molecular weight is 502 g/mol. The molecule has 31 heavy (non-hydrogen) atoms. The molecule has 0 aliphatic rings. The van der Waals surface area contributed by atoms with Crippen molar-refractivity contribution < 1.29 is 19.1 Å². The molecule has 0 spiro atoms. The predicted octanol–water partition coefficient (Wildman–Crippen LogP) is 6.46. The Morgan fingerprint density at radius 1 is 1.13 bits per heavy atom. The maximum Gasteiger partial charge on any atom is 0.341 e. The minimum absolute atomic E-state index is 0.164. The molecule has 1 amide bonds. The molecular formula is C24H24BrNO4S. The van der Waals surface area contributed by atoms with Crippen LogP contribution >= 0.6 is 27.3 Å². The van der Waals surface area contributed by atoms with Gasteiger partial charge in [0.2, 0.25) is 5.91 Å². The molecule has 5 nitrogen and oxygen atoms in total. The number of hydrogen-bond donors (Lipinski definition) is 1. The third kappa shape index (κ3) is 6.42. The van der Waals surface area contributed by atoms with E-state index in [-0.39, 0.29) is 12.5 Å². The first-order chi connectivity index (χ1) is 15.0. The number of carbonyl (C=O) groups is 2. The Morgan fingerprint density at radius 2 is 1.90 bits per heavy atom. The Labute approximate surface area is 194 Å². The Hall–Kier alpha value is -2.64. The number of esters is 1. The summed E-state index contributed by atoms with van der Waals surface area (Å²) in [5.41, 5.74) is 3.14. The molecule has 0 radical (unpaired) electrons. The molecule has 3 aromatic rings. The van der Waals surface area contributed by atoms with E-state index in [1.54, 1.807) is 6.92 Å². The van der Waals surface area contributed by atoms with Gasteiger partial charge in [0.25, 0.3) is 0 Å². The quantitative estimate of drug-likeness (QED) is 0.270. The number of nitrogens with one attached hydrogen (secondary N) is 1. The summed E-state index contributed by atoms with van der Waals surface area (Å²) in [6, 6.07) is 15.5. The topological polar surface area (TPSA) is 64.6 Å². The van der Waals surface area contributed by atoms with Crippen molar-refractivity contribution in [3.8, 4) is 16.9 Å². The number of rotatable bonds is 9. The molecule has 1 aromatic heterocycles. The molecule has 1 heterocycles. The van der Waals surface area contributed by atoms with Gasteiger partial charge in [-0.15, -0.1) is 11.3 Å². The summed E-state index contributed by atoms with van der Waals surface area (Å²) in [6.45, 7) is 4.47. The number of aryl methyl sites for hydroxylation is 1. The van der Waals surface area contributed by atoms with Gasteiger partial charge < -0.3 is 14.8 Å². The maximum absolute atomic E-state index is 12.6. The van der Waals surface area contributed by atoms with Crippen molar-refractivity contribution >= 4 is 44.1 Å². The molecule has 1 N–H and O–H groups in total. The lowest BCUT2D eigenvalue weighted by atomic mass is 10.0. The average Bonchev–Trinajstić information content (AvgIpc) is 3.15. The van der Waals surface area contributed by atoms with E-state index in [2.05, 4.69) is 21.2 Å². The normalized spacial score (nSPS) is 10.5. The lowest BCUT2D eigenvalue weighted by molar-refractivity contribution is -0.116. The number of amides is 1. The van der Waals surface area contributed by atoms with E-state index >= 15 is 0 Å². The number of benzene rings is 2. The summed E-state index contributed by atoms with van der Waals surface area (Å²) >= 11 is 4.74. The number of halogens is 1. The van der Waals surface area contributed by atoms with Crippen LogP contribution in [0.2, 0.25) is 0 Å². The van der Waals surface area contributed by atoms with Gasteiger partial charge in [-0.05, 0) is 55.7 Å². The van der Waals surface area contributed by atoms with Crippen molar-refractivity contribution in [1.29, 1.82) is 0 Å². The van der Waals surface area contributed by atoms with E-state index < -0.39 is 5.97 Å². The minimum atomic E-state index is -0.445. The van der Waals surface area contributed by atoms with Crippen LogP contribution in [-0.4, -0.2) is 25.1 Å². The summed E-state index contributed by atoms with van der Waals surface area (Å²) in [4.78, 5) is 25.1. The molecule has 162 valence electrons. The molecule has 0 bridgehead atoms. The first-order valence-electron chi connectivity index (χ1n) is 10.0. The lowest BCUT2D eigenvalue weighted by Crippen LogP contribution is -2.15. The van der Waals surface area contributed by atoms with Crippen molar-refractivity contribution in [3.63, 3.8) is 0 Å². The SMILES string of the molecule is CCOC(=O)c1c(-c2ccc(Br)cc2)csc1NC(=O)CCCOc1cccc(C)c1. The van der Waals surface area contributed by atoms with Gasteiger partial charge in [0, 0.05) is 21.8 Å². The second-order valence-electron chi connectivity index (χ2n) is 6.90. The molecule has 2 aromatic carbocycles. The van der Waals surface area contributed by atoms with Gasteiger partial charge in [-0.3, -0.25) is 4.79 Å². The van der Waals surface area contributed by atoms with E-state index in [9.17, 15) is 9.59 Å². The molecule has 0 unspecified atom stereocenters. The molecule has 7 heteroatoms. The number of hydrogen-bond acceptors (Lipinski definition) is 5. The van der Waals surface area contributed by atoms with Crippen LogP contribution in [0.4, 0.5) is 5.00 Å². The van der Waals surface area contributed by atoms with Gasteiger partial charge in [-0.2, -0.15) is 0 Å². The fourth-order valence-electron chi connectivity index (χ4n) is 3.01. The standard InChI is InChI=1S/C24H24BrNO4S/c1-3-29-24(28)22-20(17-9-11-18(25)12-10-17)15-31-23(22)26-21(27)8-5-13-30-19-7-4-6-16(2)14-19/h4,6-7,9-12,14-15H,3,5,8,13H2,1-2H3,(H,26,27). The van der Waals surface area contributed by atoms with Gasteiger partial charge in [0.1, 0.15) is 16.3 Å². The van der Waals surface area contributed by atoms with Gasteiger partial charge in [-0.25, -0.2) is 4.79 Å². The molecule has 0 aliphatic carbocycles. The number of carbonyl (C=O) groups excluding carboxylic acids is 2. The van der Waals surface area contributed by atoms with Gasteiger partial charge >= 0.3 is 5.97 Å². The van der Waals surface area contributed by atoms with Gasteiger partial charge in [-0.1, -0.05) is 40.2 Å². The fraction of sp³-hybridized carbons (Fsp3) is 0.250. The Kier molecular flexibility index (Phi) is 8.26. The van der Waals surface area contributed by atoms with Crippen LogP contribution in [0.1, 0.15) is 35.7 Å². The summed E-state index contributed by atoms with van der Waals surface area (Å²) in [5.74, 6) is 0.185. The van der Waals surface area contributed by atoms with E-state index in [0.717, 1.165) is 26.9 Å². The summed E-state index contributed by atoms with van der Waals surface area (Å²) in [7, 11) is 0. The van der Waals surface area contributed by atoms with Gasteiger partial charge in [0.15, 0.2) is 0 Å². The van der Waals surface area contributed by atoms with E-state index in [4.69, 9.17) is 9.47 Å². The monoisotopic (exact) mass is 501 g/mol. The van der Waals surface area contributed by atoms with E-state index in [0.29, 0.717) is 30.0 Å². The summed E-state index contributed by atoms with van der Waals surface area (Å²) in [5, 5.41) is 5.24. The maximum atomic E-state index is 12.6.